The van der Waals surface area contributed by atoms with Crippen molar-refractivity contribution in [2.75, 3.05) is 0 Å². The number of benzene rings is 1. The van der Waals surface area contributed by atoms with Crippen LogP contribution in [0.3, 0.4) is 0 Å². The molecule has 0 unspecified atom stereocenters. The van der Waals surface area contributed by atoms with E-state index in [4.69, 9.17) is 0 Å². The van der Waals surface area contributed by atoms with Crippen LogP contribution < -0.4 is 0 Å². The molecule has 2 heteroatoms. The predicted octanol–water partition coefficient (Wildman–Crippen LogP) is 2.00. The molecule has 0 spiro atoms. The highest BCUT2D eigenvalue weighted by Crippen LogP contribution is 2.06. The maximum atomic E-state index is 9.89. The molecule has 1 aromatic rings. The fourth-order valence-electron chi connectivity index (χ4n) is 0.940. The van der Waals surface area contributed by atoms with Crippen LogP contribution in [-0.4, -0.2) is 6.47 Å². The first-order chi connectivity index (χ1) is 5.86. The summed E-state index contributed by atoms with van der Waals surface area (Å²) in [6.45, 7) is 4.41. The smallest absolute Gasteiger partial charge is 0.293 e. The number of rotatable bonds is 4. The first kappa shape index (κ1) is 8.53. The number of carbonyl (C=O) groups excluding carboxylic acids is 1. The Kier molecular flexibility index (Phi) is 3.08. The van der Waals surface area contributed by atoms with Gasteiger partial charge in [-0.1, -0.05) is 30.9 Å². The fraction of sp³-hybridized carbons (Fsp3) is 0.100. The molecule has 0 aliphatic rings. The van der Waals surface area contributed by atoms with Gasteiger partial charge in [-0.15, -0.1) is 0 Å². The third kappa shape index (κ3) is 2.23. The summed E-state index contributed by atoms with van der Waals surface area (Å²) in [4.78, 5) is 9.89. The van der Waals surface area contributed by atoms with Crippen molar-refractivity contribution in [3.63, 3.8) is 0 Å². The first-order valence-electron chi connectivity index (χ1n) is 3.63. The lowest BCUT2D eigenvalue weighted by molar-refractivity contribution is -0.129. The molecule has 12 heavy (non-hydrogen) atoms. The summed E-state index contributed by atoms with van der Waals surface area (Å²) in [6, 6.07) is 7.67. The summed E-state index contributed by atoms with van der Waals surface area (Å²) in [5, 5.41) is 0. The zero-order valence-corrected chi connectivity index (χ0v) is 6.69. The molecule has 0 N–H and O–H groups in total. The number of ether oxygens (including phenoxy) is 1. The topological polar surface area (TPSA) is 26.3 Å². The molecule has 1 rings (SSSR count). The van der Waals surface area contributed by atoms with Gasteiger partial charge in [0.15, 0.2) is 0 Å². The molecule has 0 heterocycles. The van der Waals surface area contributed by atoms with E-state index in [-0.39, 0.29) is 0 Å². The molecule has 0 radical (unpaired) electrons. The average molecular weight is 162 g/mol. The lowest BCUT2D eigenvalue weighted by Gasteiger charge is -1.99. The van der Waals surface area contributed by atoms with Gasteiger partial charge < -0.3 is 4.74 Å². The minimum absolute atomic E-state index is 0.325. The van der Waals surface area contributed by atoms with Gasteiger partial charge in [0.05, 0.1) is 0 Å². The lowest BCUT2D eigenvalue weighted by Crippen LogP contribution is -1.89. The van der Waals surface area contributed by atoms with E-state index < -0.39 is 0 Å². The number of hydrogen-bond acceptors (Lipinski definition) is 2. The van der Waals surface area contributed by atoms with Gasteiger partial charge in [-0.25, -0.2) is 0 Å². The second-order valence-corrected chi connectivity index (χ2v) is 2.36. The number of hydrogen-bond donors (Lipinski definition) is 0. The Morgan fingerprint density at radius 1 is 1.50 bits per heavy atom. The quantitative estimate of drug-likeness (QED) is 0.633. The maximum absolute atomic E-state index is 9.89. The van der Waals surface area contributed by atoms with Crippen molar-refractivity contribution >= 4 is 12.5 Å². The van der Waals surface area contributed by atoms with Gasteiger partial charge in [0.2, 0.25) is 0 Å². The highest BCUT2D eigenvalue weighted by atomic mass is 16.5. The largest absolute Gasteiger partial charge is 0.463 e. The van der Waals surface area contributed by atoms with Gasteiger partial charge in [-0.2, -0.15) is 0 Å². The van der Waals surface area contributed by atoms with E-state index in [1.807, 2.05) is 24.3 Å². The van der Waals surface area contributed by atoms with Crippen LogP contribution in [0.4, 0.5) is 0 Å². The van der Waals surface area contributed by atoms with E-state index >= 15 is 0 Å². The molecule has 0 aliphatic carbocycles. The highest BCUT2D eigenvalue weighted by molar-refractivity contribution is 5.48. The van der Waals surface area contributed by atoms with Crippen molar-refractivity contribution in [3.8, 4) is 0 Å². The predicted molar refractivity (Wildman–Crippen MR) is 47.4 cm³/mol. The summed E-state index contributed by atoms with van der Waals surface area (Å²) in [6.07, 6.45) is 1.75. The van der Waals surface area contributed by atoms with Gasteiger partial charge in [0.1, 0.15) is 6.61 Å². The summed E-state index contributed by atoms with van der Waals surface area (Å²) in [7, 11) is 0. The van der Waals surface area contributed by atoms with Crippen LogP contribution in [0.2, 0.25) is 0 Å². The van der Waals surface area contributed by atoms with E-state index in [2.05, 4.69) is 11.3 Å². The fourth-order valence-corrected chi connectivity index (χ4v) is 0.940. The standard InChI is InChI=1S/C10H10O2/c1-2-9-4-3-5-10(6-9)7-12-8-11/h2-6,8H,1,7H2. The zero-order chi connectivity index (χ0) is 8.81. The molecular weight excluding hydrogens is 152 g/mol. The van der Waals surface area contributed by atoms with Crippen LogP contribution in [0, 0.1) is 0 Å². The molecule has 0 aromatic heterocycles. The van der Waals surface area contributed by atoms with Gasteiger partial charge >= 0.3 is 0 Å². The van der Waals surface area contributed by atoms with Crippen molar-refractivity contribution in [3.05, 3.63) is 42.0 Å². The Bertz CT molecular complexity index is 279. The van der Waals surface area contributed by atoms with Crippen molar-refractivity contribution in [1.29, 1.82) is 0 Å². The van der Waals surface area contributed by atoms with Crippen molar-refractivity contribution in [2.24, 2.45) is 0 Å². The Labute approximate surface area is 71.5 Å². The average Bonchev–Trinajstić information content (AvgIpc) is 2.15. The van der Waals surface area contributed by atoms with Gasteiger partial charge in [-0.05, 0) is 17.2 Å². The Morgan fingerprint density at radius 2 is 2.33 bits per heavy atom. The van der Waals surface area contributed by atoms with E-state index in [9.17, 15) is 4.79 Å². The Balaban J connectivity index is 2.72. The molecule has 0 fully saturated rings. The molecule has 0 saturated heterocycles. The third-order valence-corrected chi connectivity index (χ3v) is 1.50. The van der Waals surface area contributed by atoms with Crippen LogP contribution in [0.25, 0.3) is 6.08 Å². The Morgan fingerprint density at radius 3 is 3.00 bits per heavy atom. The Hall–Kier alpha value is -1.57. The molecule has 1 aromatic carbocycles. The van der Waals surface area contributed by atoms with Crippen LogP contribution in [0.5, 0.6) is 0 Å². The summed E-state index contributed by atoms with van der Waals surface area (Å²) >= 11 is 0. The summed E-state index contributed by atoms with van der Waals surface area (Å²) in [5.74, 6) is 0. The van der Waals surface area contributed by atoms with E-state index in [1.54, 1.807) is 6.08 Å². The molecule has 0 aliphatic heterocycles. The van der Waals surface area contributed by atoms with E-state index in [0.717, 1.165) is 11.1 Å². The zero-order valence-electron chi connectivity index (χ0n) is 6.69. The minimum Gasteiger partial charge on any atom is -0.463 e. The second-order valence-electron chi connectivity index (χ2n) is 2.36. The molecule has 62 valence electrons. The van der Waals surface area contributed by atoms with Crippen molar-refractivity contribution in [1.82, 2.24) is 0 Å². The van der Waals surface area contributed by atoms with Crippen LogP contribution in [0.15, 0.2) is 30.8 Å². The summed E-state index contributed by atoms with van der Waals surface area (Å²) < 4.78 is 4.60. The highest BCUT2D eigenvalue weighted by Gasteiger charge is 1.92. The monoisotopic (exact) mass is 162 g/mol. The molecule has 0 amide bonds. The molecular formula is C10H10O2. The molecule has 0 atom stereocenters. The molecule has 0 bridgehead atoms. The lowest BCUT2D eigenvalue weighted by atomic mass is 10.1. The minimum atomic E-state index is 0.325. The number of carbonyl (C=O) groups is 1. The second kappa shape index (κ2) is 4.34. The van der Waals surface area contributed by atoms with Crippen LogP contribution >= 0.6 is 0 Å². The van der Waals surface area contributed by atoms with Crippen LogP contribution in [-0.2, 0) is 16.1 Å². The molecule has 0 saturated carbocycles. The van der Waals surface area contributed by atoms with Gasteiger partial charge in [-0.3, -0.25) is 4.79 Å². The maximum Gasteiger partial charge on any atom is 0.293 e. The first-order valence-corrected chi connectivity index (χ1v) is 3.63. The van der Waals surface area contributed by atoms with E-state index in [0.29, 0.717) is 13.1 Å². The summed E-state index contributed by atoms with van der Waals surface area (Å²) in [5.41, 5.74) is 2.00. The third-order valence-electron chi connectivity index (χ3n) is 1.50. The molecule has 2 nitrogen and oxygen atoms in total. The SMILES string of the molecule is C=Cc1cccc(COC=O)c1. The van der Waals surface area contributed by atoms with Gasteiger partial charge in [0.25, 0.3) is 6.47 Å². The van der Waals surface area contributed by atoms with E-state index in [1.165, 1.54) is 0 Å². The normalized spacial score (nSPS) is 9.00. The van der Waals surface area contributed by atoms with Gasteiger partial charge in [0, 0.05) is 0 Å². The van der Waals surface area contributed by atoms with Crippen molar-refractivity contribution < 1.29 is 9.53 Å². The van der Waals surface area contributed by atoms with Crippen LogP contribution in [0.1, 0.15) is 11.1 Å². The van der Waals surface area contributed by atoms with Crippen molar-refractivity contribution in [2.45, 2.75) is 6.61 Å².